The van der Waals surface area contributed by atoms with Gasteiger partial charge in [-0.05, 0) is 51.4 Å². The molecular weight excluding hydrogens is 393 g/mol. The van der Waals surface area contributed by atoms with Crippen molar-refractivity contribution >= 4 is 12.1 Å². The van der Waals surface area contributed by atoms with Gasteiger partial charge in [0.2, 0.25) is 0 Å². The summed E-state index contributed by atoms with van der Waals surface area (Å²) < 4.78 is 23.4. The number of benzene rings is 1. The molecule has 1 atom stereocenters. The first-order valence-electron chi connectivity index (χ1n) is 9.82. The van der Waals surface area contributed by atoms with Gasteiger partial charge in [-0.1, -0.05) is 12.1 Å². The molecule has 0 aliphatic carbocycles. The monoisotopic (exact) mass is 427 g/mol. The van der Waals surface area contributed by atoms with Crippen LogP contribution < -0.4 is 5.32 Å². The number of hydroxylamine groups is 2. The Labute approximate surface area is 178 Å². The van der Waals surface area contributed by atoms with Crippen LogP contribution in [-0.4, -0.2) is 74.6 Å². The van der Waals surface area contributed by atoms with E-state index in [9.17, 15) is 14.0 Å². The van der Waals surface area contributed by atoms with Crippen molar-refractivity contribution in [3.05, 3.63) is 35.6 Å². The fourth-order valence-electron chi connectivity index (χ4n) is 2.66. The first-order valence-corrected chi connectivity index (χ1v) is 9.82. The van der Waals surface area contributed by atoms with Gasteiger partial charge in [0.25, 0.3) is 0 Å². The lowest BCUT2D eigenvalue weighted by Gasteiger charge is -2.33. The molecule has 0 spiro atoms. The van der Waals surface area contributed by atoms with Crippen molar-refractivity contribution in [1.29, 1.82) is 0 Å². The van der Waals surface area contributed by atoms with E-state index >= 15 is 0 Å². The normalized spacial score (nSPS) is 12.5. The maximum atomic E-state index is 13.3. The molecule has 1 rings (SSSR count). The minimum absolute atomic E-state index is 0.102. The van der Waals surface area contributed by atoms with E-state index in [1.165, 1.54) is 19.2 Å². The summed E-state index contributed by atoms with van der Waals surface area (Å²) in [6, 6.07) is 5.82. The van der Waals surface area contributed by atoms with Gasteiger partial charge in [0.15, 0.2) is 0 Å². The summed E-state index contributed by atoms with van der Waals surface area (Å²) in [5.41, 5.74) is 0.132. The predicted molar refractivity (Wildman–Crippen MR) is 111 cm³/mol. The number of nitrogens with zero attached hydrogens (tertiary/aromatic N) is 2. The number of likely N-dealkylation sites (N-methyl/N-ethyl adjacent to an activating group) is 1. The molecule has 0 fully saturated rings. The van der Waals surface area contributed by atoms with E-state index < -0.39 is 11.7 Å². The molecular formula is C21H34FN3O5. The molecule has 0 saturated heterocycles. The molecule has 1 aromatic carbocycles. The number of nitrogens with one attached hydrogen (secondary N) is 1. The van der Waals surface area contributed by atoms with Crippen LogP contribution in [-0.2, 0) is 25.7 Å². The fraction of sp³-hybridized carbons (Fsp3) is 0.619. The van der Waals surface area contributed by atoms with Crippen LogP contribution in [0.5, 0.6) is 0 Å². The maximum Gasteiger partial charge on any atom is 0.410 e. The number of carbonyl (C=O) groups excluding carboxylic acids is 2. The molecule has 9 heteroatoms. The van der Waals surface area contributed by atoms with Crippen molar-refractivity contribution in [1.82, 2.24) is 15.3 Å². The Bertz CT molecular complexity index is 664. The lowest BCUT2D eigenvalue weighted by atomic mass is 10.1. The number of carbonyl (C=O) groups is 2. The van der Waals surface area contributed by atoms with Gasteiger partial charge >= 0.3 is 12.1 Å². The summed E-state index contributed by atoms with van der Waals surface area (Å²) in [5.74, 6) is -0.686. The lowest BCUT2D eigenvalue weighted by Crippen LogP contribution is -2.46. The number of ether oxygens (including phenoxy) is 2. The average molecular weight is 428 g/mol. The highest BCUT2D eigenvalue weighted by Gasteiger charge is 2.26. The Kier molecular flexibility index (Phi) is 10.7. The Morgan fingerprint density at radius 3 is 2.33 bits per heavy atom. The SMILES string of the molecule is COC(=O)CNCCC(CN(Cc1ccc(F)cc1)C(=O)OC(C)(C)C)N(C)OC. The number of hydrogen-bond acceptors (Lipinski definition) is 7. The summed E-state index contributed by atoms with van der Waals surface area (Å²) in [6.45, 7) is 6.61. The lowest BCUT2D eigenvalue weighted by molar-refractivity contribution is -0.147. The van der Waals surface area contributed by atoms with Gasteiger partial charge in [-0.2, -0.15) is 5.06 Å². The Morgan fingerprint density at radius 1 is 1.17 bits per heavy atom. The van der Waals surface area contributed by atoms with Gasteiger partial charge in [-0.25, -0.2) is 9.18 Å². The van der Waals surface area contributed by atoms with E-state index in [4.69, 9.17) is 9.57 Å². The van der Waals surface area contributed by atoms with Crippen LogP contribution in [0.3, 0.4) is 0 Å². The van der Waals surface area contributed by atoms with E-state index in [1.807, 2.05) is 0 Å². The summed E-state index contributed by atoms with van der Waals surface area (Å²) >= 11 is 0. The van der Waals surface area contributed by atoms with E-state index in [2.05, 4.69) is 10.1 Å². The number of halogens is 1. The zero-order valence-corrected chi connectivity index (χ0v) is 18.7. The summed E-state index contributed by atoms with van der Waals surface area (Å²) in [4.78, 5) is 31.0. The highest BCUT2D eigenvalue weighted by Crippen LogP contribution is 2.16. The predicted octanol–water partition coefficient (Wildman–Crippen LogP) is 2.58. The van der Waals surface area contributed by atoms with Crippen LogP contribution in [0.4, 0.5) is 9.18 Å². The minimum Gasteiger partial charge on any atom is -0.468 e. The van der Waals surface area contributed by atoms with Crippen LogP contribution in [0.2, 0.25) is 0 Å². The molecule has 1 aromatic rings. The van der Waals surface area contributed by atoms with Crippen molar-refractivity contribution in [3.8, 4) is 0 Å². The first kappa shape index (κ1) is 25.8. The van der Waals surface area contributed by atoms with Gasteiger partial charge in [-0.15, -0.1) is 0 Å². The third-order valence-corrected chi connectivity index (χ3v) is 4.32. The first-order chi connectivity index (χ1) is 14.1. The van der Waals surface area contributed by atoms with Gasteiger partial charge in [0.1, 0.15) is 11.4 Å². The molecule has 0 aliphatic rings. The standard InChI is InChI=1S/C21H34FN3O5/c1-21(2,3)30-20(27)25(14-16-7-9-17(22)10-8-16)15-18(24(4)29-6)11-12-23-13-19(26)28-5/h7-10,18,23H,11-15H2,1-6H3. The highest BCUT2D eigenvalue weighted by molar-refractivity contribution is 5.71. The molecule has 0 saturated carbocycles. The highest BCUT2D eigenvalue weighted by atomic mass is 19.1. The third-order valence-electron chi connectivity index (χ3n) is 4.32. The molecule has 1 unspecified atom stereocenters. The Balaban J connectivity index is 2.89. The smallest absolute Gasteiger partial charge is 0.410 e. The van der Waals surface area contributed by atoms with Crippen LogP contribution >= 0.6 is 0 Å². The van der Waals surface area contributed by atoms with Crippen LogP contribution in [0.25, 0.3) is 0 Å². The molecule has 1 N–H and O–H groups in total. The molecule has 0 aromatic heterocycles. The topological polar surface area (TPSA) is 80.3 Å². The molecule has 1 amide bonds. The van der Waals surface area contributed by atoms with E-state index in [0.29, 0.717) is 19.5 Å². The van der Waals surface area contributed by atoms with Gasteiger partial charge in [-0.3, -0.25) is 4.79 Å². The second kappa shape index (κ2) is 12.5. The third kappa shape index (κ3) is 10.00. The van der Waals surface area contributed by atoms with Crippen molar-refractivity contribution in [2.75, 3.05) is 40.9 Å². The fourth-order valence-corrected chi connectivity index (χ4v) is 2.66. The van der Waals surface area contributed by atoms with E-state index in [-0.39, 0.29) is 30.9 Å². The van der Waals surface area contributed by atoms with Crippen LogP contribution in [0.1, 0.15) is 32.8 Å². The molecule has 8 nitrogen and oxygen atoms in total. The second-order valence-corrected chi connectivity index (χ2v) is 7.91. The number of rotatable bonds is 11. The minimum atomic E-state index is -0.650. The number of hydrogen-bond donors (Lipinski definition) is 1. The van der Waals surface area contributed by atoms with Crippen molar-refractivity contribution in [3.63, 3.8) is 0 Å². The van der Waals surface area contributed by atoms with Crippen molar-refractivity contribution in [2.45, 2.75) is 45.4 Å². The van der Waals surface area contributed by atoms with Crippen molar-refractivity contribution in [2.24, 2.45) is 0 Å². The van der Waals surface area contributed by atoms with Crippen LogP contribution in [0, 0.1) is 5.82 Å². The van der Waals surface area contributed by atoms with E-state index in [1.54, 1.807) is 57.0 Å². The number of amides is 1. The largest absolute Gasteiger partial charge is 0.468 e. The molecule has 170 valence electrons. The summed E-state index contributed by atoms with van der Waals surface area (Å²) in [7, 11) is 4.66. The molecule has 0 bridgehead atoms. The molecule has 30 heavy (non-hydrogen) atoms. The average Bonchev–Trinajstić information content (AvgIpc) is 2.68. The summed E-state index contributed by atoms with van der Waals surface area (Å²) in [6.07, 6.45) is 0.133. The van der Waals surface area contributed by atoms with Crippen molar-refractivity contribution < 1.29 is 28.3 Å². The zero-order chi connectivity index (χ0) is 22.7. The van der Waals surface area contributed by atoms with Gasteiger partial charge < -0.3 is 24.5 Å². The number of esters is 1. The van der Waals surface area contributed by atoms with E-state index in [0.717, 1.165) is 5.56 Å². The van der Waals surface area contributed by atoms with Crippen LogP contribution in [0.15, 0.2) is 24.3 Å². The van der Waals surface area contributed by atoms with Gasteiger partial charge in [0, 0.05) is 20.1 Å². The summed E-state index contributed by atoms with van der Waals surface area (Å²) in [5, 5.41) is 4.66. The quantitative estimate of drug-likeness (QED) is 0.330. The van der Waals surface area contributed by atoms with Gasteiger partial charge in [0.05, 0.1) is 26.8 Å². The molecule has 0 aliphatic heterocycles. The maximum absolute atomic E-state index is 13.3. The second-order valence-electron chi connectivity index (χ2n) is 7.91. The molecule has 0 heterocycles. The number of methoxy groups -OCH3 is 1. The molecule has 0 radical (unpaired) electrons. The Morgan fingerprint density at radius 2 is 1.80 bits per heavy atom. The zero-order valence-electron chi connectivity index (χ0n) is 18.7. The Hall–Kier alpha value is -2.23.